The fourth-order valence-corrected chi connectivity index (χ4v) is 2.47. The summed E-state index contributed by atoms with van der Waals surface area (Å²) in [5.74, 6) is 0.659. The molecule has 0 fully saturated rings. The van der Waals surface area contributed by atoms with E-state index >= 15 is 0 Å². The van der Waals surface area contributed by atoms with Gasteiger partial charge in [-0.3, -0.25) is 2.78 Å². The molecule has 0 unspecified atom stereocenters. The molecule has 0 N–H and O–H groups in total. The van der Waals surface area contributed by atoms with E-state index in [1.165, 1.54) is 16.7 Å². The van der Waals surface area contributed by atoms with Crippen molar-refractivity contribution in [1.82, 2.24) is 7.76 Å². The van der Waals surface area contributed by atoms with Crippen LogP contribution in [0.1, 0.15) is 5.82 Å². The highest BCUT2D eigenvalue weighted by atomic mass is 127. The standard InChI is InChI=1S/C6H4FIN2S/c1-3-9-6-5(10(3)8)4(7)2-11-6/h2H,1H3. The van der Waals surface area contributed by atoms with Crippen molar-refractivity contribution in [1.29, 1.82) is 0 Å². The normalized spacial score (nSPS) is 11.2. The molecule has 2 nitrogen and oxygen atoms in total. The molecule has 0 aliphatic heterocycles. The lowest BCUT2D eigenvalue weighted by Crippen LogP contribution is -1.82. The van der Waals surface area contributed by atoms with Crippen LogP contribution in [-0.2, 0) is 0 Å². The second kappa shape index (κ2) is 2.41. The molecule has 0 aliphatic rings. The Morgan fingerprint density at radius 3 is 3.09 bits per heavy atom. The van der Waals surface area contributed by atoms with E-state index in [0.29, 0.717) is 5.52 Å². The van der Waals surface area contributed by atoms with Crippen molar-refractivity contribution in [2.24, 2.45) is 0 Å². The Hall–Kier alpha value is -0.170. The molecule has 58 valence electrons. The summed E-state index contributed by atoms with van der Waals surface area (Å²) in [5, 5.41) is 1.48. The van der Waals surface area contributed by atoms with Crippen LogP contribution >= 0.6 is 34.2 Å². The van der Waals surface area contributed by atoms with Crippen LogP contribution in [0, 0.1) is 12.7 Å². The molecule has 0 bridgehead atoms. The second-order valence-electron chi connectivity index (χ2n) is 2.18. The van der Waals surface area contributed by atoms with Gasteiger partial charge in [0.05, 0.1) is 22.9 Å². The average molecular weight is 282 g/mol. The molecular formula is C6H4FIN2S. The summed E-state index contributed by atoms with van der Waals surface area (Å²) in [6, 6.07) is 0. The van der Waals surface area contributed by atoms with Crippen LogP contribution in [0.2, 0.25) is 0 Å². The van der Waals surface area contributed by atoms with E-state index in [4.69, 9.17) is 0 Å². The third kappa shape index (κ3) is 0.978. The van der Waals surface area contributed by atoms with Gasteiger partial charge in [-0.05, 0) is 6.92 Å². The van der Waals surface area contributed by atoms with Crippen LogP contribution in [0.5, 0.6) is 0 Å². The first-order valence-corrected chi connectivity index (χ1v) is 4.83. The number of hydrogen-bond acceptors (Lipinski definition) is 2. The van der Waals surface area contributed by atoms with Gasteiger partial charge >= 0.3 is 0 Å². The molecule has 5 heteroatoms. The van der Waals surface area contributed by atoms with Gasteiger partial charge in [0.1, 0.15) is 16.2 Å². The number of nitrogens with zero attached hydrogens (tertiary/aromatic N) is 2. The number of thiophene rings is 1. The van der Waals surface area contributed by atoms with Gasteiger partial charge < -0.3 is 0 Å². The van der Waals surface area contributed by atoms with E-state index in [1.54, 1.807) is 2.78 Å². The van der Waals surface area contributed by atoms with Crippen LogP contribution in [0.3, 0.4) is 0 Å². The number of hydrogen-bond donors (Lipinski definition) is 0. The van der Waals surface area contributed by atoms with Crippen LogP contribution in [0.4, 0.5) is 4.39 Å². The fraction of sp³-hybridized carbons (Fsp3) is 0.167. The lowest BCUT2D eigenvalue weighted by atomic mass is 10.5. The van der Waals surface area contributed by atoms with Crippen molar-refractivity contribution in [3.63, 3.8) is 0 Å². The number of halogens is 2. The van der Waals surface area contributed by atoms with Crippen LogP contribution < -0.4 is 0 Å². The molecule has 2 heterocycles. The van der Waals surface area contributed by atoms with Crippen molar-refractivity contribution < 1.29 is 4.39 Å². The first-order chi connectivity index (χ1) is 5.20. The summed E-state index contributed by atoms with van der Waals surface area (Å²) in [6.45, 7) is 1.86. The zero-order valence-corrected chi connectivity index (χ0v) is 8.61. The highest BCUT2D eigenvalue weighted by Gasteiger charge is 2.11. The molecule has 0 amide bonds. The van der Waals surface area contributed by atoms with Gasteiger partial charge in [0.2, 0.25) is 0 Å². The average Bonchev–Trinajstić information content (AvgIpc) is 2.41. The van der Waals surface area contributed by atoms with Crippen molar-refractivity contribution in [3.05, 3.63) is 17.0 Å². The van der Waals surface area contributed by atoms with E-state index < -0.39 is 0 Å². The smallest absolute Gasteiger partial charge is 0.160 e. The van der Waals surface area contributed by atoms with Gasteiger partial charge in [-0.1, -0.05) is 0 Å². The Balaban J connectivity index is 2.95. The van der Waals surface area contributed by atoms with Gasteiger partial charge in [0, 0.05) is 5.38 Å². The maximum absolute atomic E-state index is 13.0. The molecule has 11 heavy (non-hydrogen) atoms. The van der Waals surface area contributed by atoms with E-state index in [0.717, 1.165) is 10.7 Å². The number of aryl methyl sites for hydroxylation is 1. The molecule has 2 rings (SSSR count). The highest BCUT2D eigenvalue weighted by molar-refractivity contribution is 14.1. The van der Waals surface area contributed by atoms with Crippen LogP contribution in [0.15, 0.2) is 5.38 Å². The maximum Gasteiger partial charge on any atom is 0.160 e. The summed E-state index contributed by atoms with van der Waals surface area (Å²) in [7, 11) is 0. The highest BCUT2D eigenvalue weighted by Crippen LogP contribution is 2.26. The summed E-state index contributed by atoms with van der Waals surface area (Å²) in [4.78, 5) is 4.94. The molecule has 2 aromatic rings. The van der Waals surface area contributed by atoms with Crippen molar-refractivity contribution >= 4 is 44.5 Å². The lowest BCUT2D eigenvalue weighted by Gasteiger charge is -1.89. The topological polar surface area (TPSA) is 17.8 Å². The summed E-state index contributed by atoms with van der Waals surface area (Å²) in [6.07, 6.45) is 0. The third-order valence-electron chi connectivity index (χ3n) is 1.45. The largest absolute Gasteiger partial charge is 0.264 e. The van der Waals surface area contributed by atoms with Gasteiger partial charge in [0.15, 0.2) is 5.82 Å². The Bertz CT molecular complexity index is 406. The number of imidazole rings is 1. The summed E-state index contributed by atoms with van der Waals surface area (Å²) in [5.41, 5.74) is 0.605. The Labute approximate surface area is 80.5 Å². The minimum absolute atomic E-state index is 0.181. The predicted molar refractivity (Wildman–Crippen MR) is 51.7 cm³/mol. The van der Waals surface area contributed by atoms with Gasteiger partial charge in [-0.2, -0.15) is 0 Å². The number of rotatable bonds is 0. The molecule has 0 aliphatic carbocycles. The van der Waals surface area contributed by atoms with Gasteiger partial charge in [-0.15, -0.1) is 11.3 Å². The summed E-state index contributed by atoms with van der Waals surface area (Å²) < 4.78 is 14.7. The molecule has 0 atom stereocenters. The quantitative estimate of drug-likeness (QED) is 0.679. The Morgan fingerprint density at radius 1 is 1.73 bits per heavy atom. The van der Waals surface area contributed by atoms with E-state index in [9.17, 15) is 4.39 Å². The minimum Gasteiger partial charge on any atom is -0.264 e. The van der Waals surface area contributed by atoms with Crippen molar-refractivity contribution in [2.75, 3.05) is 0 Å². The third-order valence-corrected chi connectivity index (χ3v) is 3.46. The number of aromatic nitrogens is 2. The zero-order chi connectivity index (χ0) is 8.01. The van der Waals surface area contributed by atoms with Crippen LogP contribution in [0.25, 0.3) is 10.3 Å². The van der Waals surface area contributed by atoms with Crippen molar-refractivity contribution in [3.8, 4) is 0 Å². The Kier molecular flexibility index (Phi) is 1.64. The fourth-order valence-electron chi connectivity index (χ4n) is 0.931. The lowest BCUT2D eigenvalue weighted by molar-refractivity contribution is 0.641. The second-order valence-corrected chi connectivity index (χ2v) is 4.00. The zero-order valence-electron chi connectivity index (χ0n) is 5.64. The first kappa shape index (κ1) is 7.48. The molecular weight excluding hydrogens is 278 g/mol. The van der Waals surface area contributed by atoms with E-state index in [1.807, 2.05) is 29.8 Å². The summed E-state index contributed by atoms with van der Waals surface area (Å²) >= 11 is 3.38. The SMILES string of the molecule is Cc1nc2scc(F)c2n1I. The first-order valence-electron chi connectivity index (χ1n) is 2.98. The molecule has 2 aromatic heterocycles. The molecule has 0 saturated heterocycles. The molecule has 0 aromatic carbocycles. The predicted octanol–water partition coefficient (Wildman–Crippen LogP) is 2.74. The maximum atomic E-state index is 13.0. The van der Waals surface area contributed by atoms with E-state index in [-0.39, 0.29) is 5.82 Å². The minimum atomic E-state index is -0.181. The van der Waals surface area contributed by atoms with Crippen LogP contribution in [-0.4, -0.2) is 7.76 Å². The van der Waals surface area contributed by atoms with Gasteiger partial charge in [0.25, 0.3) is 0 Å². The molecule has 0 radical (unpaired) electrons. The van der Waals surface area contributed by atoms with E-state index in [2.05, 4.69) is 4.98 Å². The molecule has 0 saturated carbocycles. The Morgan fingerprint density at radius 2 is 2.45 bits per heavy atom. The number of fused-ring (bicyclic) bond motifs is 1. The van der Waals surface area contributed by atoms with Gasteiger partial charge in [-0.25, -0.2) is 9.37 Å². The molecule has 0 spiro atoms. The monoisotopic (exact) mass is 282 g/mol. The van der Waals surface area contributed by atoms with Crippen molar-refractivity contribution in [2.45, 2.75) is 6.92 Å².